The summed E-state index contributed by atoms with van der Waals surface area (Å²) in [5, 5.41) is 13.9. The van der Waals surface area contributed by atoms with Crippen LogP contribution in [0.1, 0.15) is 31.0 Å². The number of nitrogens with zero attached hydrogens (tertiary/aromatic N) is 1. The van der Waals surface area contributed by atoms with Crippen LogP contribution in [-0.4, -0.2) is 31.3 Å². The second-order valence-corrected chi connectivity index (χ2v) is 7.97. The van der Waals surface area contributed by atoms with Crippen LogP contribution in [-0.2, 0) is 15.4 Å². The highest BCUT2D eigenvalue weighted by atomic mass is 32.2. The number of benzene rings is 1. The van der Waals surface area contributed by atoms with E-state index in [0.29, 0.717) is 12.1 Å². The third kappa shape index (κ3) is 4.60. The van der Waals surface area contributed by atoms with Gasteiger partial charge in [-0.25, -0.2) is 8.42 Å². The average Bonchev–Trinajstić information content (AvgIpc) is 2.53. The fourth-order valence-corrected chi connectivity index (χ4v) is 2.92. The van der Waals surface area contributed by atoms with E-state index >= 15 is 0 Å². The van der Waals surface area contributed by atoms with Gasteiger partial charge in [-0.2, -0.15) is 0 Å². The summed E-state index contributed by atoms with van der Waals surface area (Å²) in [7, 11) is -3.23. The maximum atomic E-state index is 11.5. The van der Waals surface area contributed by atoms with Crippen molar-refractivity contribution in [2.75, 3.05) is 12.8 Å². The first-order valence-electron chi connectivity index (χ1n) is 7.36. The Morgan fingerprint density at radius 2 is 1.74 bits per heavy atom. The SMILES string of the molecule is C[C@H](NC[C@](C)(O)c1ccc(S(C)(=O)=O)cc1)c1ccncc1. The molecule has 0 radical (unpaired) electrons. The van der Waals surface area contributed by atoms with Gasteiger partial charge in [0.1, 0.15) is 0 Å². The highest BCUT2D eigenvalue weighted by Gasteiger charge is 2.24. The van der Waals surface area contributed by atoms with Crippen LogP contribution in [0.15, 0.2) is 53.7 Å². The van der Waals surface area contributed by atoms with Gasteiger partial charge in [-0.05, 0) is 49.2 Å². The predicted molar refractivity (Wildman–Crippen MR) is 89.8 cm³/mol. The molecule has 124 valence electrons. The molecular weight excluding hydrogens is 312 g/mol. The van der Waals surface area contributed by atoms with Crippen LogP contribution < -0.4 is 5.32 Å². The van der Waals surface area contributed by atoms with Crippen LogP contribution in [0.3, 0.4) is 0 Å². The van der Waals surface area contributed by atoms with E-state index < -0.39 is 15.4 Å². The second kappa shape index (κ2) is 6.78. The van der Waals surface area contributed by atoms with Gasteiger partial charge in [0.15, 0.2) is 9.84 Å². The van der Waals surface area contributed by atoms with Crippen molar-refractivity contribution in [3.63, 3.8) is 0 Å². The Hall–Kier alpha value is -1.76. The largest absolute Gasteiger partial charge is 0.384 e. The highest BCUT2D eigenvalue weighted by Crippen LogP contribution is 2.23. The predicted octanol–water partition coefficient (Wildman–Crippen LogP) is 2.04. The van der Waals surface area contributed by atoms with E-state index in [9.17, 15) is 13.5 Å². The number of aliphatic hydroxyl groups is 1. The van der Waals surface area contributed by atoms with Gasteiger partial charge in [0.05, 0.1) is 10.5 Å². The fraction of sp³-hybridized carbons (Fsp3) is 0.353. The molecule has 0 fully saturated rings. The molecule has 2 aromatic rings. The topological polar surface area (TPSA) is 79.3 Å². The molecule has 5 nitrogen and oxygen atoms in total. The summed E-state index contributed by atoms with van der Waals surface area (Å²) in [6.45, 7) is 4.06. The van der Waals surface area contributed by atoms with E-state index in [0.717, 1.165) is 11.8 Å². The minimum Gasteiger partial charge on any atom is -0.384 e. The molecule has 0 amide bonds. The Morgan fingerprint density at radius 3 is 2.26 bits per heavy atom. The van der Waals surface area contributed by atoms with Gasteiger partial charge in [-0.3, -0.25) is 4.98 Å². The molecule has 23 heavy (non-hydrogen) atoms. The van der Waals surface area contributed by atoms with E-state index in [4.69, 9.17) is 0 Å². The molecule has 0 saturated heterocycles. The van der Waals surface area contributed by atoms with Gasteiger partial charge >= 0.3 is 0 Å². The maximum Gasteiger partial charge on any atom is 0.175 e. The van der Waals surface area contributed by atoms with Crippen LogP contribution in [0.25, 0.3) is 0 Å². The molecule has 1 aromatic carbocycles. The molecule has 2 rings (SSSR count). The van der Waals surface area contributed by atoms with E-state index in [1.54, 1.807) is 31.5 Å². The molecule has 1 aromatic heterocycles. The molecule has 0 aliphatic carbocycles. The highest BCUT2D eigenvalue weighted by molar-refractivity contribution is 7.90. The van der Waals surface area contributed by atoms with E-state index in [-0.39, 0.29) is 10.9 Å². The number of sulfone groups is 1. The minimum absolute atomic E-state index is 0.0692. The monoisotopic (exact) mass is 334 g/mol. The summed E-state index contributed by atoms with van der Waals surface area (Å²) in [5.74, 6) is 0. The number of rotatable bonds is 6. The Morgan fingerprint density at radius 1 is 1.17 bits per heavy atom. The fourth-order valence-electron chi connectivity index (χ4n) is 2.29. The lowest BCUT2D eigenvalue weighted by Gasteiger charge is -2.27. The summed E-state index contributed by atoms with van der Waals surface area (Å²) in [5.41, 5.74) is 0.652. The van der Waals surface area contributed by atoms with Crippen molar-refractivity contribution in [3.8, 4) is 0 Å². The Bertz CT molecular complexity index is 741. The van der Waals surface area contributed by atoms with Crippen molar-refractivity contribution in [2.24, 2.45) is 0 Å². The average molecular weight is 334 g/mol. The van der Waals surface area contributed by atoms with Gasteiger partial charge in [-0.1, -0.05) is 12.1 Å². The summed E-state index contributed by atoms with van der Waals surface area (Å²) in [6.07, 6.45) is 4.63. The number of aromatic nitrogens is 1. The van der Waals surface area contributed by atoms with Crippen molar-refractivity contribution in [2.45, 2.75) is 30.4 Å². The number of pyridine rings is 1. The van der Waals surface area contributed by atoms with Gasteiger partial charge in [0.2, 0.25) is 0 Å². The molecule has 0 spiro atoms. The van der Waals surface area contributed by atoms with Crippen LogP contribution in [0.2, 0.25) is 0 Å². The Labute approximate surface area is 137 Å². The van der Waals surface area contributed by atoms with E-state index in [2.05, 4.69) is 10.3 Å². The summed E-state index contributed by atoms with van der Waals surface area (Å²) >= 11 is 0. The maximum absolute atomic E-state index is 11.5. The molecule has 2 N–H and O–H groups in total. The van der Waals surface area contributed by atoms with Crippen molar-refractivity contribution in [3.05, 3.63) is 59.9 Å². The normalized spacial score (nSPS) is 15.8. The smallest absolute Gasteiger partial charge is 0.175 e. The molecule has 0 bridgehead atoms. The zero-order valence-corrected chi connectivity index (χ0v) is 14.3. The van der Waals surface area contributed by atoms with Crippen molar-refractivity contribution in [1.82, 2.24) is 10.3 Å². The quantitative estimate of drug-likeness (QED) is 0.845. The molecule has 0 unspecified atom stereocenters. The van der Waals surface area contributed by atoms with E-state index in [1.165, 1.54) is 12.1 Å². The molecule has 6 heteroatoms. The number of hydrogen-bond donors (Lipinski definition) is 2. The first kappa shape index (κ1) is 17.6. The summed E-state index contributed by atoms with van der Waals surface area (Å²) in [6, 6.07) is 10.3. The third-order valence-corrected chi connectivity index (χ3v) is 4.99. The Balaban J connectivity index is 2.07. The number of nitrogens with one attached hydrogen (secondary N) is 1. The summed E-state index contributed by atoms with van der Waals surface area (Å²) in [4.78, 5) is 4.23. The van der Waals surface area contributed by atoms with Gasteiger partial charge in [0, 0.05) is 31.2 Å². The first-order chi connectivity index (χ1) is 10.7. The molecular formula is C17H22N2O3S. The number of hydrogen-bond acceptors (Lipinski definition) is 5. The lowest BCUT2D eigenvalue weighted by Crippen LogP contribution is -2.36. The van der Waals surface area contributed by atoms with Crippen molar-refractivity contribution < 1.29 is 13.5 Å². The lowest BCUT2D eigenvalue weighted by molar-refractivity contribution is 0.0543. The van der Waals surface area contributed by atoms with Crippen LogP contribution >= 0.6 is 0 Å². The van der Waals surface area contributed by atoms with Gasteiger partial charge in [-0.15, -0.1) is 0 Å². The standard InChI is InChI=1S/C17H22N2O3S/c1-13(14-8-10-18-11-9-14)19-12-17(2,20)15-4-6-16(7-5-15)23(3,21)22/h4-11,13,19-20H,12H2,1-3H3/t13-,17-/m0/s1. The Kier molecular flexibility index (Phi) is 5.19. The molecule has 0 saturated carbocycles. The summed E-state index contributed by atoms with van der Waals surface area (Å²) < 4.78 is 23.0. The van der Waals surface area contributed by atoms with Crippen LogP contribution in [0, 0.1) is 0 Å². The zero-order chi connectivity index (χ0) is 17.1. The first-order valence-corrected chi connectivity index (χ1v) is 9.25. The lowest BCUT2D eigenvalue weighted by atomic mass is 9.95. The molecule has 0 aliphatic heterocycles. The van der Waals surface area contributed by atoms with Crippen LogP contribution in [0.5, 0.6) is 0 Å². The van der Waals surface area contributed by atoms with Gasteiger partial charge < -0.3 is 10.4 Å². The minimum atomic E-state index is -3.23. The van der Waals surface area contributed by atoms with Crippen LogP contribution in [0.4, 0.5) is 0 Å². The zero-order valence-electron chi connectivity index (χ0n) is 13.5. The van der Waals surface area contributed by atoms with Gasteiger partial charge in [0.25, 0.3) is 0 Å². The second-order valence-electron chi connectivity index (χ2n) is 5.95. The van der Waals surface area contributed by atoms with Crippen molar-refractivity contribution >= 4 is 9.84 Å². The molecule has 0 aliphatic rings. The molecule has 2 atom stereocenters. The van der Waals surface area contributed by atoms with E-state index in [1.807, 2.05) is 19.1 Å². The van der Waals surface area contributed by atoms with Crippen molar-refractivity contribution in [1.29, 1.82) is 0 Å². The third-order valence-electron chi connectivity index (χ3n) is 3.86. The molecule has 1 heterocycles.